The van der Waals surface area contributed by atoms with Gasteiger partial charge in [-0.25, -0.2) is 0 Å². The standard InChI is InChI=1S/C10H16OS.CH4/c1-6-10(4,5)9(3)12-8(2)7-11;/h7H,2-3,6H2,1,4-5H3;1H4. The van der Waals surface area contributed by atoms with Crippen LogP contribution in [0.2, 0.25) is 0 Å². The molecule has 0 fully saturated rings. The van der Waals surface area contributed by atoms with Crippen molar-refractivity contribution in [2.24, 2.45) is 5.41 Å². The van der Waals surface area contributed by atoms with Crippen LogP contribution in [0.5, 0.6) is 0 Å². The minimum Gasteiger partial charge on any atom is -0.297 e. The number of carbonyl (C=O) groups excluding carboxylic acids is 1. The number of aldehydes is 1. The summed E-state index contributed by atoms with van der Waals surface area (Å²) in [6.07, 6.45) is 1.78. The summed E-state index contributed by atoms with van der Waals surface area (Å²) in [5.74, 6) is 0. The Morgan fingerprint density at radius 2 is 1.92 bits per heavy atom. The Bertz CT molecular complexity index is 204. The highest BCUT2D eigenvalue weighted by molar-refractivity contribution is 8.07. The van der Waals surface area contributed by atoms with Crippen molar-refractivity contribution in [1.29, 1.82) is 0 Å². The number of carbonyl (C=O) groups is 1. The summed E-state index contributed by atoms with van der Waals surface area (Å²) in [5.41, 5.74) is 0.0800. The van der Waals surface area contributed by atoms with Crippen molar-refractivity contribution in [1.82, 2.24) is 0 Å². The molecule has 2 heteroatoms. The van der Waals surface area contributed by atoms with Gasteiger partial charge in [0.15, 0.2) is 6.29 Å². The molecule has 0 saturated heterocycles. The van der Waals surface area contributed by atoms with E-state index in [1.165, 1.54) is 11.8 Å². The van der Waals surface area contributed by atoms with Crippen molar-refractivity contribution in [3.63, 3.8) is 0 Å². The maximum absolute atomic E-state index is 10.3. The van der Waals surface area contributed by atoms with Crippen LogP contribution in [0.3, 0.4) is 0 Å². The molecule has 0 spiro atoms. The van der Waals surface area contributed by atoms with Gasteiger partial charge >= 0.3 is 0 Å². The molecule has 0 aromatic rings. The molecule has 0 aromatic heterocycles. The summed E-state index contributed by atoms with van der Waals surface area (Å²) < 4.78 is 0. The zero-order valence-corrected chi connectivity index (χ0v) is 8.83. The lowest BCUT2D eigenvalue weighted by Crippen LogP contribution is -2.10. The molecule has 76 valence electrons. The van der Waals surface area contributed by atoms with Crippen LogP contribution in [-0.4, -0.2) is 6.29 Å². The normalized spacial score (nSPS) is 10.1. The first-order chi connectivity index (χ1) is 5.44. The third-order valence-electron chi connectivity index (χ3n) is 2.02. The highest BCUT2D eigenvalue weighted by Crippen LogP contribution is 2.38. The van der Waals surface area contributed by atoms with Gasteiger partial charge in [-0.3, -0.25) is 4.79 Å². The third kappa shape index (κ3) is 4.94. The Balaban J connectivity index is 0. The average Bonchev–Trinajstić information content (AvgIpc) is 2.04. The van der Waals surface area contributed by atoms with Crippen LogP contribution in [0.25, 0.3) is 0 Å². The lowest BCUT2D eigenvalue weighted by atomic mass is 9.90. The second kappa shape index (κ2) is 6.03. The van der Waals surface area contributed by atoms with Gasteiger partial charge in [0.25, 0.3) is 0 Å². The Hall–Kier alpha value is -0.500. The highest BCUT2D eigenvalue weighted by Gasteiger charge is 2.20. The van der Waals surface area contributed by atoms with E-state index >= 15 is 0 Å². The zero-order chi connectivity index (χ0) is 9.78. The number of thioether (sulfide) groups is 1. The van der Waals surface area contributed by atoms with Crippen molar-refractivity contribution >= 4 is 18.0 Å². The largest absolute Gasteiger partial charge is 0.297 e. The van der Waals surface area contributed by atoms with Gasteiger partial charge in [0.05, 0.1) is 0 Å². The maximum atomic E-state index is 10.3. The molecular formula is C11H20OS. The smallest absolute Gasteiger partial charge is 0.156 e. The van der Waals surface area contributed by atoms with Gasteiger partial charge < -0.3 is 0 Å². The summed E-state index contributed by atoms with van der Waals surface area (Å²) in [4.78, 5) is 11.8. The van der Waals surface area contributed by atoms with Crippen LogP contribution >= 0.6 is 11.8 Å². The first-order valence-electron chi connectivity index (χ1n) is 3.95. The lowest BCUT2D eigenvalue weighted by molar-refractivity contribution is -0.104. The molecule has 0 N–H and O–H groups in total. The first kappa shape index (κ1) is 15.0. The van der Waals surface area contributed by atoms with Crippen molar-refractivity contribution in [2.45, 2.75) is 34.6 Å². The van der Waals surface area contributed by atoms with E-state index in [9.17, 15) is 4.79 Å². The van der Waals surface area contributed by atoms with E-state index in [1.807, 2.05) is 0 Å². The summed E-state index contributed by atoms with van der Waals surface area (Å²) >= 11 is 1.37. The number of rotatable bonds is 5. The third-order valence-corrected chi connectivity index (χ3v) is 3.18. The molecule has 0 heterocycles. The predicted octanol–water partition coefficient (Wildman–Crippen LogP) is 4.02. The predicted molar refractivity (Wildman–Crippen MR) is 62.7 cm³/mol. The van der Waals surface area contributed by atoms with Crippen LogP contribution in [0, 0.1) is 5.41 Å². The maximum Gasteiger partial charge on any atom is 0.156 e. The fourth-order valence-corrected chi connectivity index (χ4v) is 1.30. The molecule has 0 bridgehead atoms. The zero-order valence-electron chi connectivity index (χ0n) is 8.02. The summed E-state index contributed by atoms with van der Waals surface area (Å²) in [6.45, 7) is 13.9. The number of hydrogen-bond donors (Lipinski definition) is 0. The minimum atomic E-state index is 0. The van der Waals surface area contributed by atoms with Gasteiger partial charge in [-0.15, -0.1) is 0 Å². The van der Waals surface area contributed by atoms with Crippen molar-refractivity contribution in [3.05, 3.63) is 23.0 Å². The average molecular weight is 200 g/mol. The Kier molecular flexibility index (Phi) is 6.96. The molecule has 1 nitrogen and oxygen atoms in total. The second-order valence-electron chi connectivity index (χ2n) is 3.35. The van der Waals surface area contributed by atoms with Crippen LogP contribution in [0.15, 0.2) is 23.0 Å². The summed E-state index contributed by atoms with van der Waals surface area (Å²) in [5, 5.41) is 0. The van der Waals surface area contributed by atoms with Gasteiger partial charge in [0.1, 0.15) is 0 Å². The minimum absolute atomic E-state index is 0. The first-order valence-corrected chi connectivity index (χ1v) is 4.77. The molecule has 0 rings (SSSR count). The monoisotopic (exact) mass is 200 g/mol. The van der Waals surface area contributed by atoms with Gasteiger partial charge in [0.2, 0.25) is 0 Å². The molecule has 0 amide bonds. The van der Waals surface area contributed by atoms with Crippen molar-refractivity contribution in [3.8, 4) is 0 Å². The van der Waals surface area contributed by atoms with E-state index in [2.05, 4.69) is 33.9 Å². The fraction of sp³-hybridized carbons (Fsp3) is 0.545. The molecule has 0 aliphatic rings. The SMILES string of the molecule is C.C=C(C=O)SC(=C)C(C)(C)CC. The van der Waals surface area contributed by atoms with Crippen LogP contribution in [0.1, 0.15) is 34.6 Å². The van der Waals surface area contributed by atoms with Gasteiger partial charge in [0, 0.05) is 4.91 Å². The quantitative estimate of drug-likeness (QED) is 0.492. The molecule has 0 aliphatic carbocycles. The highest BCUT2D eigenvalue weighted by atomic mass is 32.2. The second-order valence-corrected chi connectivity index (χ2v) is 4.57. The molecule has 0 aromatic carbocycles. The summed E-state index contributed by atoms with van der Waals surface area (Å²) in [6, 6.07) is 0. The van der Waals surface area contributed by atoms with E-state index < -0.39 is 0 Å². The summed E-state index contributed by atoms with van der Waals surface area (Å²) in [7, 11) is 0. The van der Waals surface area contributed by atoms with Crippen molar-refractivity contribution in [2.75, 3.05) is 0 Å². The van der Waals surface area contributed by atoms with Crippen LogP contribution in [0.4, 0.5) is 0 Å². The number of hydrogen-bond acceptors (Lipinski definition) is 2. The van der Waals surface area contributed by atoms with Gasteiger partial charge in [-0.1, -0.05) is 53.1 Å². The Labute approximate surface area is 86.3 Å². The Morgan fingerprint density at radius 1 is 1.46 bits per heavy atom. The van der Waals surface area contributed by atoms with E-state index in [-0.39, 0.29) is 12.8 Å². The molecule has 0 saturated carbocycles. The van der Waals surface area contributed by atoms with E-state index in [1.54, 1.807) is 0 Å². The molecule has 0 radical (unpaired) electrons. The van der Waals surface area contributed by atoms with E-state index in [4.69, 9.17) is 0 Å². The lowest BCUT2D eigenvalue weighted by Gasteiger charge is -2.24. The molecular weight excluding hydrogens is 180 g/mol. The molecule has 0 aliphatic heterocycles. The number of allylic oxidation sites excluding steroid dienone is 2. The van der Waals surface area contributed by atoms with Crippen molar-refractivity contribution < 1.29 is 4.79 Å². The molecule has 13 heavy (non-hydrogen) atoms. The van der Waals surface area contributed by atoms with E-state index in [0.29, 0.717) is 4.91 Å². The molecule has 0 unspecified atom stereocenters. The van der Waals surface area contributed by atoms with Gasteiger partial charge in [-0.2, -0.15) is 0 Å². The van der Waals surface area contributed by atoms with Crippen LogP contribution < -0.4 is 0 Å². The van der Waals surface area contributed by atoms with Gasteiger partial charge in [-0.05, 0) is 16.7 Å². The van der Waals surface area contributed by atoms with Crippen LogP contribution in [-0.2, 0) is 4.79 Å². The fourth-order valence-electron chi connectivity index (χ4n) is 0.518. The topological polar surface area (TPSA) is 17.1 Å². The van der Waals surface area contributed by atoms with E-state index in [0.717, 1.165) is 17.6 Å². The molecule has 0 atom stereocenters. The Morgan fingerprint density at radius 3 is 2.23 bits per heavy atom.